The van der Waals surface area contributed by atoms with Crippen LogP contribution in [0.4, 0.5) is 10.2 Å². The van der Waals surface area contributed by atoms with Gasteiger partial charge in [0.1, 0.15) is 22.9 Å². The minimum atomic E-state index is -0.492. The van der Waals surface area contributed by atoms with E-state index in [9.17, 15) is 9.18 Å². The van der Waals surface area contributed by atoms with Crippen LogP contribution in [0.1, 0.15) is 29.6 Å². The summed E-state index contributed by atoms with van der Waals surface area (Å²) in [6.45, 7) is 1.44. The van der Waals surface area contributed by atoms with Crippen molar-refractivity contribution in [3.05, 3.63) is 66.0 Å². The van der Waals surface area contributed by atoms with Crippen LogP contribution in [0.5, 0.6) is 11.5 Å². The fraction of sp³-hybridized carbons (Fsp3) is 0.292. The van der Waals surface area contributed by atoms with Crippen molar-refractivity contribution in [2.75, 3.05) is 25.1 Å². The van der Waals surface area contributed by atoms with Crippen LogP contribution in [0.25, 0.3) is 11.3 Å². The van der Waals surface area contributed by atoms with E-state index in [1.165, 1.54) is 12.1 Å². The van der Waals surface area contributed by atoms with Crippen LogP contribution in [0.3, 0.4) is 0 Å². The third-order valence-corrected chi connectivity index (χ3v) is 6.09. The maximum Gasteiger partial charge on any atom is 0.170 e. The molecule has 1 fully saturated rings. The second-order valence-corrected chi connectivity index (χ2v) is 8.02. The van der Waals surface area contributed by atoms with Gasteiger partial charge in [-0.05, 0) is 48.5 Å². The second kappa shape index (κ2) is 7.65. The molecule has 1 saturated heterocycles. The predicted octanol–water partition coefficient (Wildman–Crippen LogP) is 4.30. The van der Waals surface area contributed by atoms with Crippen molar-refractivity contribution in [3.8, 4) is 22.8 Å². The van der Waals surface area contributed by atoms with E-state index >= 15 is 0 Å². The van der Waals surface area contributed by atoms with E-state index in [4.69, 9.17) is 9.47 Å². The number of methoxy groups -OCH3 is 1. The third-order valence-electron chi connectivity index (χ3n) is 6.09. The Morgan fingerprint density at radius 1 is 1.03 bits per heavy atom. The standard InChI is InChI=1S/C24H22FN3O3/c1-30-18-6-7-19-21(29)15-24(31-22(19)14-18)10-12-28(13-11-24)23-9-8-20(26-27-23)16-2-4-17(25)5-3-16/h2-9,14H,10-13,15H2,1H3. The summed E-state index contributed by atoms with van der Waals surface area (Å²) in [5, 5.41) is 8.67. The van der Waals surface area contributed by atoms with Crippen molar-refractivity contribution in [2.24, 2.45) is 0 Å². The highest BCUT2D eigenvalue weighted by Gasteiger charge is 2.43. The summed E-state index contributed by atoms with van der Waals surface area (Å²) in [5.41, 5.74) is 1.65. The molecule has 0 saturated carbocycles. The average molecular weight is 419 g/mol. The van der Waals surface area contributed by atoms with Crippen LogP contribution in [-0.4, -0.2) is 41.8 Å². The largest absolute Gasteiger partial charge is 0.497 e. The van der Waals surface area contributed by atoms with E-state index in [1.807, 2.05) is 12.1 Å². The summed E-state index contributed by atoms with van der Waals surface area (Å²) in [4.78, 5) is 14.9. The Balaban J connectivity index is 1.29. The minimum Gasteiger partial charge on any atom is -0.497 e. The van der Waals surface area contributed by atoms with E-state index in [-0.39, 0.29) is 11.6 Å². The van der Waals surface area contributed by atoms with Crippen LogP contribution in [0.2, 0.25) is 0 Å². The molecule has 31 heavy (non-hydrogen) atoms. The van der Waals surface area contributed by atoms with E-state index in [0.717, 1.165) is 37.3 Å². The van der Waals surface area contributed by atoms with Crippen LogP contribution >= 0.6 is 0 Å². The second-order valence-electron chi connectivity index (χ2n) is 8.02. The molecule has 0 N–H and O–H groups in total. The highest BCUT2D eigenvalue weighted by atomic mass is 19.1. The van der Waals surface area contributed by atoms with Gasteiger partial charge in [0.15, 0.2) is 11.6 Å². The molecule has 0 atom stereocenters. The Labute approximate surface area is 179 Å². The number of anilines is 1. The van der Waals surface area contributed by atoms with Gasteiger partial charge in [-0.1, -0.05) is 0 Å². The molecule has 0 radical (unpaired) electrons. The van der Waals surface area contributed by atoms with E-state index < -0.39 is 5.60 Å². The maximum absolute atomic E-state index is 13.1. The molecular weight excluding hydrogens is 397 g/mol. The molecule has 3 heterocycles. The predicted molar refractivity (Wildman–Crippen MR) is 114 cm³/mol. The van der Waals surface area contributed by atoms with Crippen LogP contribution in [-0.2, 0) is 0 Å². The fourth-order valence-electron chi connectivity index (χ4n) is 4.29. The van der Waals surface area contributed by atoms with Crippen molar-refractivity contribution in [3.63, 3.8) is 0 Å². The normalized spacial score (nSPS) is 17.2. The first-order valence-electron chi connectivity index (χ1n) is 10.3. The van der Waals surface area contributed by atoms with Gasteiger partial charge in [-0.25, -0.2) is 4.39 Å². The lowest BCUT2D eigenvalue weighted by molar-refractivity contribution is 0.0229. The molecule has 158 valence electrons. The van der Waals surface area contributed by atoms with Crippen LogP contribution in [0, 0.1) is 5.82 Å². The smallest absolute Gasteiger partial charge is 0.170 e. The summed E-state index contributed by atoms with van der Waals surface area (Å²) in [7, 11) is 1.60. The van der Waals surface area contributed by atoms with Gasteiger partial charge in [0.2, 0.25) is 0 Å². The monoisotopic (exact) mass is 419 g/mol. The molecule has 6 nitrogen and oxygen atoms in total. The number of hydrogen-bond acceptors (Lipinski definition) is 6. The molecule has 2 aliphatic heterocycles. The number of halogens is 1. The summed E-state index contributed by atoms with van der Waals surface area (Å²) in [6.07, 6.45) is 1.82. The molecule has 0 bridgehead atoms. The fourth-order valence-corrected chi connectivity index (χ4v) is 4.29. The summed E-state index contributed by atoms with van der Waals surface area (Å²) < 4.78 is 24.8. The first-order valence-corrected chi connectivity index (χ1v) is 10.3. The van der Waals surface area contributed by atoms with Gasteiger partial charge in [-0.3, -0.25) is 4.79 Å². The van der Waals surface area contributed by atoms with Crippen molar-refractivity contribution < 1.29 is 18.7 Å². The quantitative estimate of drug-likeness (QED) is 0.631. The maximum atomic E-state index is 13.1. The van der Waals surface area contributed by atoms with Crippen molar-refractivity contribution in [1.82, 2.24) is 10.2 Å². The lowest BCUT2D eigenvalue weighted by Gasteiger charge is -2.44. The Morgan fingerprint density at radius 2 is 1.81 bits per heavy atom. The zero-order chi connectivity index (χ0) is 21.4. The third kappa shape index (κ3) is 3.71. The number of piperidine rings is 1. The Kier molecular flexibility index (Phi) is 4.81. The molecule has 1 spiro atoms. The molecule has 7 heteroatoms. The molecule has 1 aromatic heterocycles. The number of carbonyl (C=O) groups excluding carboxylic acids is 1. The van der Waals surface area contributed by atoms with E-state index in [2.05, 4.69) is 15.1 Å². The number of fused-ring (bicyclic) bond motifs is 1. The van der Waals surface area contributed by atoms with Gasteiger partial charge in [0.25, 0.3) is 0 Å². The number of nitrogens with zero attached hydrogens (tertiary/aromatic N) is 3. The Bertz CT molecular complexity index is 1110. The molecular formula is C24H22FN3O3. The lowest BCUT2D eigenvalue weighted by atomic mass is 9.82. The lowest BCUT2D eigenvalue weighted by Crippen LogP contribution is -2.51. The number of carbonyl (C=O) groups is 1. The number of ketones is 1. The van der Waals surface area contributed by atoms with Gasteiger partial charge >= 0.3 is 0 Å². The van der Waals surface area contributed by atoms with Gasteiger partial charge < -0.3 is 14.4 Å². The average Bonchev–Trinajstić information content (AvgIpc) is 2.80. The highest BCUT2D eigenvalue weighted by molar-refractivity contribution is 6.00. The van der Waals surface area contributed by atoms with Crippen molar-refractivity contribution in [2.45, 2.75) is 24.9 Å². The number of Topliss-reactive ketones (excluding diaryl/α,β-unsaturated/α-hetero) is 1. The molecule has 3 aromatic rings. The number of rotatable bonds is 3. The number of aromatic nitrogens is 2. The first-order chi connectivity index (χ1) is 15.0. The molecule has 0 unspecified atom stereocenters. The highest BCUT2D eigenvalue weighted by Crippen LogP contribution is 2.41. The molecule has 5 rings (SSSR count). The summed E-state index contributed by atoms with van der Waals surface area (Å²) in [5.74, 6) is 1.90. The van der Waals surface area contributed by atoms with Crippen LogP contribution in [0.15, 0.2) is 54.6 Å². The number of ether oxygens (including phenoxy) is 2. The van der Waals surface area contributed by atoms with Gasteiger partial charge in [0, 0.05) is 37.6 Å². The zero-order valence-corrected chi connectivity index (χ0v) is 17.2. The molecule has 0 aliphatic carbocycles. The van der Waals surface area contributed by atoms with Gasteiger partial charge in [-0.15, -0.1) is 10.2 Å². The van der Waals surface area contributed by atoms with Gasteiger partial charge in [0.05, 0.1) is 24.8 Å². The van der Waals surface area contributed by atoms with Crippen molar-refractivity contribution >= 4 is 11.6 Å². The topological polar surface area (TPSA) is 64.6 Å². The van der Waals surface area contributed by atoms with Crippen LogP contribution < -0.4 is 14.4 Å². The number of hydrogen-bond donors (Lipinski definition) is 0. The Hall–Kier alpha value is -3.48. The number of benzene rings is 2. The van der Waals surface area contributed by atoms with E-state index in [1.54, 1.807) is 37.4 Å². The first kappa shape index (κ1) is 19.5. The SMILES string of the molecule is COc1ccc2c(c1)OC1(CCN(c3ccc(-c4ccc(F)cc4)nn3)CC1)CC2=O. The minimum absolute atomic E-state index is 0.112. The summed E-state index contributed by atoms with van der Waals surface area (Å²) >= 11 is 0. The van der Waals surface area contributed by atoms with E-state index in [0.29, 0.717) is 29.2 Å². The van der Waals surface area contributed by atoms with Crippen molar-refractivity contribution in [1.29, 1.82) is 0 Å². The van der Waals surface area contributed by atoms with Gasteiger partial charge in [-0.2, -0.15) is 0 Å². The molecule has 2 aromatic carbocycles. The molecule has 2 aliphatic rings. The zero-order valence-electron chi connectivity index (χ0n) is 17.2. The molecule has 0 amide bonds. The Morgan fingerprint density at radius 3 is 2.48 bits per heavy atom. The summed E-state index contributed by atoms with van der Waals surface area (Å²) in [6, 6.07) is 15.4.